The van der Waals surface area contributed by atoms with Crippen molar-refractivity contribution >= 4 is 5.91 Å². The maximum Gasteiger partial charge on any atom is 0.225 e. The minimum Gasteiger partial charge on any atom is -0.378 e. The lowest BCUT2D eigenvalue weighted by Crippen LogP contribution is -2.52. The van der Waals surface area contributed by atoms with E-state index in [1.165, 1.54) is 12.8 Å². The van der Waals surface area contributed by atoms with Crippen LogP contribution in [0.3, 0.4) is 0 Å². The number of hydrogen-bond acceptors (Lipinski definition) is 3. The van der Waals surface area contributed by atoms with Gasteiger partial charge in [-0.25, -0.2) is 0 Å². The Morgan fingerprint density at radius 1 is 1.33 bits per heavy atom. The highest BCUT2D eigenvalue weighted by Gasteiger charge is 2.32. The average molecular weight is 254 g/mol. The maximum atomic E-state index is 12.4. The molecule has 2 heterocycles. The van der Waals surface area contributed by atoms with Gasteiger partial charge in [-0.15, -0.1) is 0 Å². The molecular formula is C14H26N2O2. The van der Waals surface area contributed by atoms with E-state index in [-0.39, 0.29) is 18.1 Å². The molecule has 2 fully saturated rings. The summed E-state index contributed by atoms with van der Waals surface area (Å²) in [4.78, 5) is 14.4. The van der Waals surface area contributed by atoms with Crippen molar-refractivity contribution in [1.82, 2.24) is 4.90 Å². The van der Waals surface area contributed by atoms with Crippen LogP contribution in [-0.2, 0) is 9.53 Å². The van der Waals surface area contributed by atoms with E-state index in [2.05, 4.69) is 6.92 Å². The molecule has 2 N–H and O–H groups in total. The number of carbonyl (C=O) groups is 1. The summed E-state index contributed by atoms with van der Waals surface area (Å²) < 4.78 is 5.66. The van der Waals surface area contributed by atoms with Crippen LogP contribution in [0.25, 0.3) is 0 Å². The lowest BCUT2D eigenvalue weighted by atomic mass is 9.90. The largest absolute Gasteiger partial charge is 0.378 e. The molecule has 1 amide bonds. The number of amides is 1. The molecule has 0 aliphatic carbocycles. The maximum absolute atomic E-state index is 12.4. The van der Waals surface area contributed by atoms with Gasteiger partial charge in [0.05, 0.1) is 12.5 Å². The third kappa shape index (κ3) is 3.23. The number of ether oxygens (including phenoxy) is 1. The Morgan fingerprint density at radius 3 is 2.83 bits per heavy atom. The van der Waals surface area contributed by atoms with Crippen molar-refractivity contribution < 1.29 is 9.53 Å². The zero-order valence-electron chi connectivity index (χ0n) is 11.4. The Bertz CT molecular complexity index is 277. The van der Waals surface area contributed by atoms with E-state index in [1.54, 1.807) is 0 Å². The van der Waals surface area contributed by atoms with Gasteiger partial charge in [0.2, 0.25) is 5.91 Å². The molecular weight excluding hydrogens is 228 g/mol. The van der Waals surface area contributed by atoms with Crippen molar-refractivity contribution in [1.29, 1.82) is 0 Å². The Morgan fingerprint density at radius 2 is 2.17 bits per heavy atom. The van der Waals surface area contributed by atoms with E-state index in [0.717, 1.165) is 32.4 Å². The van der Waals surface area contributed by atoms with Gasteiger partial charge >= 0.3 is 0 Å². The second kappa shape index (κ2) is 6.53. The van der Waals surface area contributed by atoms with E-state index >= 15 is 0 Å². The van der Waals surface area contributed by atoms with Crippen LogP contribution in [0.5, 0.6) is 0 Å². The second-order valence-corrected chi connectivity index (χ2v) is 5.70. The molecule has 2 rings (SSSR count). The van der Waals surface area contributed by atoms with E-state index in [4.69, 9.17) is 10.5 Å². The Labute approximate surface area is 110 Å². The summed E-state index contributed by atoms with van der Waals surface area (Å²) in [5.74, 6) is 0.767. The Kier molecular flexibility index (Phi) is 5.01. The third-order valence-corrected chi connectivity index (χ3v) is 4.35. The summed E-state index contributed by atoms with van der Waals surface area (Å²) in [5, 5.41) is 0. The highest BCUT2D eigenvalue weighted by Crippen LogP contribution is 2.25. The standard InChI is InChI=1S/C14H26N2O2/c1-11-5-4-7-16(13(11)10-15)14(17)9-12-6-2-3-8-18-12/h11-13H,2-10,15H2,1H3/t11-,12+,13-/m1/s1. The molecule has 3 atom stereocenters. The van der Waals surface area contributed by atoms with Crippen molar-refractivity contribution in [2.45, 2.75) is 57.6 Å². The lowest BCUT2D eigenvalue weighted by Gasteiger charge is -2.40. The number of carbonyl (C=O) groups excluding carboxylic acids is 1. The van der Waals surface area contributed by atoms with Crippen LogP contribution in [0.15, 0.2) is 0 Å². The highest BCUT2D eigenvalue weighted by molar-refractivity contribution is 5.77. The Balaban J connectivity index is 1.89. The van der Waals surface area contributed by atoms with Gasteiger partial charge in [0.1, 0.15) is 0 Å². The number of hydrogen-bond donors (Lipinski definition) is 1. The minimum absolute atomic E-state index is 0.141. The van der Waals surface area contributed by atoms with Gasteiger partial charge < -0.3 is 15.4 Å². The first-order chi connectivity index (χ1) is 8.72. The second-order valence-electron chi connectivity index (χ2n) is 5.70. The van der Waals surface area contributed by atoms with Gasteiger partial charge in [-0.3, -0.25) is 4.79 Å². The molecule has 0 bridgehead atoms. The van der Waals surface area contributed by atoms with Crippen molar-refractivity contribution in [2.75, 3.05) is 19.7 Å². The molecule has 2 aliphatic heterocycles. The molecule has 2 aliphatic rings. The predicted molar refractivity (Wildman–Crippen MR) is 71.2 cm³/mol. The molecule has 0 aromatic heterocycles. The van der Waals surface area contributed by atoms with Crippen LogP contribution >= 0.6 is 0 Å². The third-order valence-electron chi connectivity index (χ3n) is 4.35. The fourth-order valence-electron chi connectivity index (χ4n) is 3.20. The summed E-state index contributed by atoms with van der Waals surface area (Å²) in [7, 11) is 0. The van der Waals surface area contributed by atoms with Crippen LogP contribution in [0, 0.1) is 5.92 Å². The van der Waals surface area contributed by atoms with Gasteiger partial charge in [-0.05, 0) is 38.0 Å². The number of piperidine rings is 1. The van der Waals surface area contributed by atoms with Gasteiger partial charge in [0, 0.05) is 25.7 Å². The average Bonchev–Trinajstić information content (AvgIpc) is 2.39. The Hall–Kier alpha value is -0.610. The van der Waals surface area contributed by atoms with Crippen molar-refractivity contribution in [3.63, 3.8) is 0 Å². The smallest absolute Gasteiger partial charge is 0.225 e. The monoisotopic (exact) mass is 254 g/mol. The molecule has 0 aromatic rings. The molecule has 2 saturated heterocycles. The van der Waals surface area contributed by atoms with Gasteiger partial charge in [-0.1, -0.05) is 6.92 Å². The molecule has 4 heteroatoms. The summed E-state index contributed by atoms with van der Waals surface area (Å²) in [6.45, 7) is 4.47. The number of nitrogens with zero attached hydrogens (tertiary/aromatic N) is 1. The zero-order valence-corrected chi connectivity index (χ0v) is 11.4. The van der Waals surface area contributed by atoms with Crippen molar-refractivity contribution in [3.8, 4) is 0 Å². The molecule has 0 spiro atoms. The zero-order chi connectivity index (χ0) is 13.0. The number of nitrogens with two attached hydrogens (primary N) is 1. The fourth-order valence-corrected chi connectivity index (χ4v) is 3.20. The number of rotatable bonds is 3. The fraction of sp³-hybridized carbons (Fsp3) is 0.929. The quantitative estimate of drug-likeness (QED) is 0.831. The lowest BCUT2D eigenvalue weighted by molar-refractivity contribution is -0.140. The summed E-state index contributed by atoms with van der Waals surface area (Å²) in [6, 6.07) is 0.231. The van der Waals surface area contributed by atoms with E-state index in [9.17, 15) is 4.79 Å². The van der Waals surface area contributed by atoms with Gasteiger partial charge in [0.25, 0.3) is 0 Å². The summed E-state index contributed by atoms with van der Waals surface area (Å²) in [6.07, 6.45) is 6.33. The van der Waals surface area contributed by atoms with Crippen LogP contribution in [-0.4, -0.2) is 42.6 Å². The van der Waals surface area contributed by atoms with Crippen molar-refractivity contribution in [2.24, 2.45) is 11.7 Å². The summed E-state index contributed by atoms with van der Waals surface area (Å²) in [5.41, 5.74) is 5.83. The minimum atomic E-state index is 0.141. The van der Waals surface area contributed by atoms with E-state index in [0.29, 0.717) is 18.9 Å². The SMILES string of the molecule is C[C@@H]1CCCN(C(=O)C[C@@H]2CCCCO2)[C@@H]1CN. The normalized spacial score (nSPS) is 33.4. The van der Waals surface area contributed by atoms with Gasteiger partial charge in [-0.2, -0.15) is 0 Å². The summed E-state index contributed by atoms with van der Waals surface area (Å²) >= 11 is 0. The first-order valence-electron chi connectivity index (χ1n) is 7.33. The molecule has 0 radical (unpaired) electrons. The highest BCUT2D eigenvalue weighted by atomic mass is 16.5. The molecule has 18 heavy (non-hydrogen) atoms. The van der Waals surface area contributed by atoms with Crippen LogP contribution in [0.1, 0.15) is 45.4 Å². The van der Waals surface area contributed by atoms with Crippen LogP contribution < -0.4 is 5.73 Å². The number of likely N-dealkylation sites (tertiary alicyclic amines) is 1. The van der Waals surface area contributed by atoms with Crippen LogP contribution in [0.4, 0.5) is 0 Å². The first-order valence-corrected chi connectivity index (χ1v) is 7.33. The van der Waals surface area contributed by atoms with E-state index < -0.39 is 0 Å². The molecule has 0 saturated carbocycles. The molecule has 0 unspecified atom stereocenters. The van der Waals surface area contributed by atoms with E-state index in [1.807, 2.05) is 4.90 Å². The van der Waals surface area contributed by atoms with Gasteiger partial charge in [0.15, 0.2) is 0 Å². The first kappa shape index (κ1) is 13.8. The predicted octanol–water partition coefficient (Wildman–Crippen LogP) is 1.53. The molecule has 104 valence electrons. The molecule has 4 nitrogen and oxygen atoms in total. The van der Waals surface area contributed by atoms with Crippen LogP contribution in [0.2, 0.25) is 0 Å². The molecule has 0 aromatic carbocycles. The van der Waals surface area contributed by atoms with Crippen molar-refractivity contribution in [3.05, 3.63) is 0 Å². The topological polar surface area (TPSA) is 55.6 Å².